The molecule has 118 valence electrons. The Labute approximate surface area is 135 Å². The molecule has 0 aliphatic rings. The van der Waals surface area contributed by atoms with Crippen molar-refractivity contribution in [3.8, 4) is 11.8 Å². The predicted octanol–water partition coefficient (Wildman–Crippen LogP) is 1.98. The topological polar surface area (TPSA) is 74.1 Å². The number of nitriles is 1. The Hall–Kier alpha value is -2.19. The molecule has 1 aromatic rings. The fourth-order valence-corrected chi connectivity index (χ4v) is 1.94. The standard InChI is InChI=1S/C16H20ClN3O2/c1-22-15-6-3-2-5-13(15)7-10-19-12-14(11-18)16(21)20-9-4-8-17/h2-3,5-6,12,19H,4,7-10H2,1H3,(H,20,21)/b14-12-. The van der Waals surface area contributed by atoms with E-state index in [0.29, 0.717) is 25.4 Å². The van der Waals surface area contributed by atoms with Crippen molar-refractivity contribution >= 4 is 17.5 Å². The first-order valence-electron chi connectivity index (χ1n) is 7.02. The number of para-hydroxylation sites is 1. The number of hydrogen-bond donors (Lipinski definition) is 2. The molecule has 0 unspecified atom stereocenters. The highest BCUT2D eigenvalue weighted by atomic mass is 35.5. The number of nitrogens with zero attached hydrogens (tertiary/aromatic N) is 1. The monoisotopic (exact) mass is 321 g/mol. The normalized spacial score (nSPS) is 10.7. The number of rotatable bonds is 9. The smallest absolute Gasteiger partial charge is 0.263 e. The highest BCUT2D eigenvalue weighted by Crippen LogP contribution is 2.17. The summed E-state index contributed by atoms with van der Waals surface area (Å²) in [5.41, 5.74) is 1.12. The average Bonchev–Trinajstić information content (AvgIpc) is 2.55. The van der Waals surface area contributed by atoms with Gasteiger partial charge in [-0.2, -0.15) is 5.26 Å². The van der Waals surface area contributed by atoms with Gasteiger partial charge in [-0.25, -0.2) is 0 Å². The van der Waals surface area contributed by atoms with E-state index < -0.39 is 5.91 Å². The van der Waals surface area contributed by atoms with Crippen LogP contribution < -0.4 is 15.4 Å². The zero-order chi connectivity index (χ0) is 16.2. The highest BCUT2D eigenvalue weighted by Gasteiger charge is 2.07. The molecule has 0 bridgehead atoms. The van der Waals surface area contributed by atoms with Crippen molar-refractivity contribution in [2.45, 2.75) is 12.8 Å². The van der Waals surface area contributed by atoms with Crippen molar-refractivity contribution in [1.82, 2.24) is 10.6 Å². The van der Waals surface area contributed by atoms with Crippen molar-refractivity contribution in [2.24, 2.45) is 0 Å². The Bertz CT molecular complexity index is 553. The van der Waals surface area contributed by atoms with Gasteiger partial charge in [-0.3, -0.25) is 4.79 Å². The third-order valence-electron chi connectivity index (χ3n) is 2.94. The van der Waals surface area contributed by atoms with Crippen LogP contribution in [-0.4, -0.2) is 32.0 Å². The molecular weight excluding hydrogens is 302 g/mol. The zero-order valence-electron chi connectivity index (χ0n) is 12.6. The van der Waals surface area contributed by atoms with Crippen molar-refractivity contribution < 1.29 is 9.53 Å². The summed E-state index contributed by atoms with van der Waals surface area (Å²) < 4.78 is 5.27. The molecule has 1 amide bonds. The molecule has 0 aliphatic heterocycles. The Morgan fingerprint density at radius 2 is 2.18 bits per heavy atom. The maximum absolute atomic E-state index is 11.7. The SMILES string of the molecule is COc1ccccc1CCN/C=C(/C#N)C(=O)NCCCCl. The van der Waals surface area contributed by atoms with E-state index in [9.17, 15) is 4.79 Å². The molecule has 6 heteroatoms. The minimum atomic E-state index is -0.391. The lowest BCUT2D eigenvalue weighted by Gasteiger charge is -2.08. The lowest BCUT2D eigenvalue weighted by atomic mass is 10.1. The number of nitrogens with one attached hydrogen (secondary N) is 2. The molecule has 0 atom stereocenters. The van der Waals surface area contributed by atoms with Crippen LogP contribution in [0.15, 0.2) is 36.0 Å². The fraction of sp³-hybridized carbons (Fsp3) is 0.375. The molecule has 1 rings (SSSR count). The lowest BCUT2D eigenvalue weighted by Crippen LogP contribution is -2.27. The molecule has 0 saturated heterocycles. The number of carbonyl (C=O) groups is 1. The number of alkyl halides is 1. The molecule has 5 nitrogen and oxygen atoms in total. The highest BCUT2D eigenvalue weighted by molar-refractivity contribution is 6.17. The third kappa shape index (κ3) is 6.06. The van der Waals surface area contributed by atoms with Crippen molar-refractivity contribution in [3.05, 3.63) is 41.6 Å². The van der Waals surface area contributed by atoms with Crippen LogP contribution in [-0.2, 0) is 11.2 Å². The van der Waals surface area contributed by atoms with E-state index in [4.69, 9.17) is 21.6 Å². The number of amides is 1. The van der Waals surface area contributed by atoms with E-state index in [1.807, 2.05) is 30.3 Å². The molecule has 0 aromatic heterocycles. The van der Waals surface area contributed by atoms with E-state index in [1.54, 1.807) is 7.11 Å². The number of hydrogen-bond acceptors (Lipinski definition) is 4. The molecule has 2 N–H and O–H groups in total. The molecule has 0 fully saturated rings. The Balaban J connectivity index is 2.45. The van der Waals surface area contributed by atoms with Crippen LogP contribution >= 0.6 is 11.6 Å². The molecule has 0 spiro atoms. The minimum absolute atomic E-state index is 0.0506. The van der Waals surface area contributed by atoms with Gasteiger partial charge in [0.05, 0.1) is 7.11 Å². The number of methoxy groups -OCH3 is 1. The molecule has 0 aliphatic carbocycles. The Kier molecular flexibility index (Phi) is 8.54. The van der Waals surface area contributed by atoms with Crippen LogP contribution in [0.4, 0.5) is 0 Å². The van der Waals surface area contributed by atoms with Crippen LogP contribution in [0, 0.1) is 11.3 Å². The fourth-order valence-electron chi connectivity index (χ4n) is 1.80. The van der Waals surface area contributed by atoms with E-state index in [1.165, 1.54) is 6.20 Å². The lowest BCUT2D eigenvalue weighted by molar-refractivity contribution is -0.117. The summed E-state index contributed by atoms with van der Waals surface area (Å²) in [6.45, 7) is 1.06. The number of benzene rings is 1. The van der Waals surface area contributed by atoms with Gasteiger partial charge < -0.3 is 15.4 Å². The summed E-state index contributed by atoms with van der Waals surface area (Å²) in [7, 11) is 1.63. The van der Waals surface area contributed by atoms with Gasteiger partial charge in [0.1, 0.15) is 17.4 Å². The van der Waals surface area contributed by atoms with Gasteiger partial charge in [0.25, 0.3) is 5.91 Å². The summed E-state index contributed by atoms with van der Waals surface area (Å²) in [5, 5.41) is 14.6. The predicted molar refractivity (Wildman–Crippen MR) is 86.7 cm³/mol. The second-order valence-electron chi connectivity index (χ2n) is 4.48. The number of ether oxygens (including phenoxy) is 1. The van der Waals surface area contributed by atoms with Gasteiger partial charge >= 0.3 is 0 Å². The quantitative estimate of drug-likeness (QED) is 0.316. The molecule has 1 aromatic carbocycles. The van der Waals surface area contributed by atoms with Crippen LogP contribution in [0.1, 0.15) is 12.0 Å². The zero-order valence-corrected chi connectivity index (χ0v) is 13.3. The maximum Gasteiger partial charge on any atom is 0.263 e. The first kappa shape index (κ1) is 17.9. The van der Waals surface area contributed by atoms with E-state index in [-0.39, 0.29) is 5.57 Å². The van der Waals surface area contributed by atoms with Gasteiger partial charge in [0, 0.05) is 25.2 Å². The Morgan fingerprint density at radius 1 is 1.41 bits per heavy atom. The average molecular weight is 322 g/mol. The van der Waals surface area contributed by atoms with Crippen LogP contribution in [0.5, 0.6) is 5.75 Å². The summed E-state index contributed by atoms with van der Waals surface area (Å²) in [6, 6.07) is 9.61. The van der Waals surface area contributed by atoms with Gasteiger partial charge in [0.15, 0.2) is 0 Å². The number of halogens is 1. The van der Waals surface area contributed by atoms with Crippen molar-refractivity contribution in [1.29, 1.82) is 5.26 Å². The molecule has 22 heavy (non-hydrogen) atoms. The third-order valence-corrected chi connectivity index (χ3v) is 3.21. The summed E-state index contributed by atoms with van der Waals surface area (Å²) in [5.74, 6) is 0.910. The van der Waals surface area contributed by atoms with Gasteiger partial charge in [-0.05, 0) is 24.5 Å². The molecule has 0 heterocycles. The van der Waals surface area contributed by atoms with Crippen molar-refractivity contribution in [2.75, 3.05) is 26.1 Å². The van der Waals surface area contributed by atoms with E-state index >= 15 is 0 Å². The van der Waals surface area contributed by atoms with Gasteiger partial charge in [-0.15, -0.1) is 11.6 Å². The van der Waals surface area contributed by atoms with E-state index in [0.717, 1.165) is 17.7 Å². The van der Waals surface area contributed by atoms with Gasteiger partial charge in [0.2, 0.25) is 0 Å². The van der Waals surface area contributed by atoms with Crippen molar-refractivity contribution in [3.63, 3.8) is 0 Å². The second kappa shape index (κ2) is 10.5. The minimum Gasteiger partial charge on any atom is -0.496 e. The number of carbonyl (C=O) groups excluding carboxylic acids is 1. The second-order valence-corrected chi connectivity index (χ2v) is 4.86. The Morgan fingerprint density at radius 3 is 2.86 bits per heavy atom. The van der Waals surface area contributed by atoms with Crippen LogP contribution in [0.25, 0.3) is 0 Å². The van der Waals surface area contributed by atoms with Gasteiger partial charge in [-0.1, -0.05) is 18.2 Å². The molecular formula is C16H20ClN3O2. The largest absolute Gasteiger partial charge is 0.496 e. The molecule has 0 saturated carbocycles. The van der Waals surface area contributed by atoms with Crippen LogP contribution in [0.2, 0.25) is 0 Å². The molecule has 0 radical (unpaired) electrons. The maximum atomic E-state index is 11.7. The first-order chi connectivity index (χ1) is 10.7. The summed E-state index contributed by atoms with van der Waals surface area (Å²) in [4.78, 5) is 11.7. The summed E-state index contributed by atoms with van der Waals surface area (Å²) in [6.07, 6.45) is 2.84. The summed E-state index contributed by atoms with van der Waals surface area (Å²) >= 11 is 5.53. The van der Waals surface area contributed by atoms with Crippen LogP contribution in [0.3, 0.4) is 0 Å². The van der Waals surface area contributed by atoms with E-state index in [2.05, 4.69) is 10.6 Å². The first-order valence-corrected chi connectivity index (χ1v) is 7.56.